The van der Waals surface area contributed by atoms with Crippen molar-refractivity contribution in [3.63, 3.8) is 0 Å². The van der Waals surface area contributed by atoms with Crippen LogP contribution in [0.5, 0.6) is 5.75 Å². The van der Waals surface area contributed by atoms with Crippen LogP contribution in [0.1, 0.15) is 28.5 Å². The average Bonchev–Trinajstić information content (AvgIpc) is 3.24. The number of carbonyl (C=O) groups excluding carboxylic acids is 1. The lowest BCUT2D eigenvalue weighted by Gasteiger charge is -2.24. The van der Waals surface area contributed by atoms with Crippen molar-refractivity contribution in [3.05, 3.63) is 65.9 Å². The highest BCUT2D eigenvalue weighted by Crippen LogP contribution is 2.35. The number of benzene rings is 2. The Bertz CT molecular complexity index is 885. The van der Waals surface area contributed by atoms with Crippen molar-refractivity contribution < 1.29 is 14.6 Å². The van der Waals surface area contributed by atoms with E-state index < -0.39 is 6.10 Å². The number of fused-ring (bicyclic) bond motifs is 1. The van der Waals surface area contributed by atoms with Crippen LogP contribution in [-0.4, -0.2) is 40.7 Å². The van der Waals surface area contributed by atoms with Crippen molar-refractivity contribution in [1.29, 1.82) is 0 Å². The Morgan fingerprint density at radius 3 is 2.84 bits per heavy atom. The third-order valence-electron chi connectivity index (χ3n) is 4.78. The Morgan fingerprint density at radius 2 is 2.04 bits per heavy atom. The second kappa shape index (κ2) is 6.26. The molecule has 2 N–H and O–H groups in total. The molecule has 1 aromatic heterocycles. The summed E-state index contributed by atoms with van der Waals surface area (Å²) in [6.07, 6.45) is 0.00334. The van der Waals surface area contributed by atoms with Gasteiger partial charge in [-0.2, -0.15) is 0 Å². The average molecular weight is 336 g/mol. The number of ether oxygens (including phenoxy) is 1. The van der Waals surface area contributed by atoms with E-state index >= 15 is 0 Å². The minimum absolute atomic E-state index is 0.0967. The number of nitrogens with one attached hydrogen (secondary N) is 1. The number of nitrogens with zero attached hydrogens (tertiary/aromatic N) is 1. The molecule has 4 rings (SSSR count). The van der Waals surface area contributed by atoms with E-state index in [0.29, 0.717) is 18.7 Å². The predicted octanol–water partition coefficient (Wildman–Crippen LogP) is 3.12. The number of hydrogen-bond donors (Lipinski definition) is 2. The summed E-state index contributed by atoms with van der Waals surface area (Å²) in [5.74, 6) is 0.650. The van der Waals surface area contributed by atoms with Crippen LogP contribution in [0.4, 0.5) is 0 Å². The first-order chi connectivity index (χ1) is 12.2. The van der Waals surface area contributed by atoms with Crippen LogP contribution in [0.2, 0.25) is 0 Å². The summed E-state index contributed by atoms with van der Waals surface area (Å²) in [4.78, 5) is 18.0. The van der Waals surface area contributed by atoms with Crippen LogP contribution in [0.3, 0.4) is 0 Å². The number of H-pyrrole nitrogens is 1. The summed E-state index contributed by atoms with van der Waals surface area (Å²) in [7, 11) is 1.62. The van der Waals surface area contributed by atoms with Crippen molar-refractivity contribution in [3.8, 4) is 5.75 Å². The first kappa shape index (κ1) is 15.7. The Balaban J connectivity index is 1.67. The maximum absolute atomic E-state index is 13.1. The van der Waals surface area contributed by atoms with Gasteiger partial charge < -0.3 is 19.7 Å². The van der Waals surface area contributed by atoms with Crippen LogP contribution in [0.25, 0.3) is 10.9 Å². The molecule has 2 heterocycles. The Hall–Kier alpha value is -2.79. The van der Waals surface area contributed by atoms with Gasteiger partial charge in [0.15, 0.2) is 0 Å². The van der Waals surface area contributed by atoms with Gasteiger partial charge in [0, 0.05) is 17.4 Å². The number of aliphatic hydroxyl groups excluding tert-OH is 1. The van der Waals surface area contributed by atoms with Crippen LogP contribution in [0.15, 0.2) is 54.6 Å². The zero-order chi connectivity index (χ0) is 17.4. The topological polar surface area (TPSA) is 65.6 Å². The number of aliphatic hydroxyl groups is 1. The summed E-state index contributed by atoms with van der Waals surface area (Å²) >= 11 is 0. The molecule has 5 heteroatoms. The number of hydrogen-bond acceptors (Lipinski definition) is 3. The smallest absolute Gasteiger partial charge is 0.270 e. The molecule has 25 heavy (non-hydrogen) atoms. The van der Waals surface area contributed by atoms with Crippen molar-refractivity contribution in [2.75, 3.05) is 13.7 Å². The summed E-state index contributed by atoms with van der Waals surface area (Å²) in [6.45, 7) is 0.329. The lowest BCUT2D eigenvalue weighted by atomic mass is 10.0. The zero-order valence-electron chi connectivity index (χ0n) is 14.0. The van der Waals surface area contributed by atoms with E-state index in [1.54, 1.807) is 12.0 Å². The molecule has 2 aromatic carbocycles. The van der Waals surface area contributed by atoms with Crippen molar-refractivity contribution in [2.45, 2.75) is 18.6 Å². The monoisotopic (exact) mass is 336 g/mol. The molecule has 0 bridgehead atoms. The lowest BCUT2D eigenvalue weighted by molar-refractivity contribution is 0.0710. The molecule has 0 aliphatic carbocycles. The van der Waals surface area contributed by atoms with Gasteiger partial charge in [-0.1, -0.05) is 30.3 Å². The minimum Gasteiger partial charge on any atom is -0.497 e. The fourth-order valence-corrected chi connectivity index (χ4v) is 3.55. The number of methoxy groups -OCH3 is 1. The molecule has 1 fully saturated rings. The third-order valence-corrected chi connectivity index (χ3v) is 4.78. The van der Waals surface area contributed by atoms with E-state index in [0.717, 1.165) is 22.2 Å². The molecule has 5 nitrogen and oxygen atoms in total. The van der Waals surface area contributed by atoms with Crippen molar-refractivity contribution in [2.24, 2.45) is 0 Å². The Labute approximate surface area is 145 Å². The molecule has 2 unspecified atom stereocenters. The van der Waals surface area contributed by atoms with E-state index in [2.05, 4.69) is 4.98 Å². The maximum atomic E-state index is 13.1. The van der Waals surface area contributed by atoms with E-state index in [1.165, 1.54) is 0 Å². The highest BCUT2D eigenvalue weighted by atomic mass is 16.5. The molecule has 1 amide bonds. The number of para-hydroxylation sites is 1. The van der Waals surface area contributed by atoms with Crippen LogP contribution in [0, 0.1) is 0 Å². The van der Waals surface area contributed by atoms with Gasteiger partial charge in [-0.05, 0) is 36.2 Å². The highest BCUT2D eigenvalue weighted by molar-refractivity contribution is 5.98. The van der Waals surface area contributed by atoms with Gasteiger partial charge in [0.1, 0.15) is 11.4 Å². The lowest BCUT2D eigenvalue weighted by Crippen LogP contribution is -2.32. The fraction of sp³-hybridized carbons (Fsp3) is 0.250. The summed E-state index contributed by atoms with van der Waals surface area (Å²) < 4.78 is 5.29. The summed E-state index contributed by atoms with van der Waals surface area (Å²) in [6, 6.07) is 17.2. The molecule has 1 saturated heterocycles. The number of β-amino-alcohol motifs (C(OH)–C–C–N with tert-alkyl or cyclic N) is 1. The van der Waals surface area contributed by atoms with E-state index in [1.807, 2.05) is 54.6 Å². The minimum atomic E-state index is -0.524. The highest BCUT2D eigenvalue weighted by Gasteiger charge is 2.36. The predicted molar refractivity (Wildman–Crippen MR) is 95.7 cm³/mol. The largest absolute Gasteiger partial charge is 0.497 e. The Kier molecular flexibility index (Phi) is 3.93. The standard InChI is InChI=1S/C20H20N2O3/c1-25-16-7-4-6-14(9-16)19-11-15(23)12-22(19)20(24)18-10-13-5-2-3-8-17(13)21-18/h2-10,15,19,21,23H,11-12H2,1H3. The molecule has 1 aliphatic heterocycles. The SMILES string of the molecule is COc1cccc(C2CC(O)CN2C(=O)c2cc3ccccc3[nH]2)c1. The first-order valence-corrected chi connectivity index (χ1v) is 8.36. The van der Waals surface area contributed by atoms with Gasteiger partial charge in [0.25, 0.3) is 5.91 Å². The maximum Gasteiger partial charge on any atom is 0.270 e. The van der Waals surface area contributed by atoms with E-state index in [-0.39, 0.29) is 11.9 Å². The van der Waals surface area contributed by atoms with E-state index in [9.17, 15) is 9.90 Å². The second-order valence-electron chi connectivity index (χ2n) is 6.41. The summed E-state index contributed by atoms with van der Waals surface area (Å²) in [5, 5.41) is 11.2. The van der Waals surface area contributed by atoms with Gasteiger partial charge in [0.05, 0.1) is 19.3 Å². The molecule has 0 saturated carbocycles. The first-order valence-electron chi connectivity index (χ1n) is 8.36. The van der Waals surface area contributed by atoms with Gasteiger partial charge in [-0.15, -0.1) is 0 Å². The fourth-order valence-electron chi connectivity index (χ4n) is 3.55. The molecule has 0 radical (unpaired) electrons. The number of amides is 1. The quantitative estimate of drug-likeness (QED) is 0.772. The van der Waals surface area contributed by atoms with Crippen molar-refractivity contribution >= 4 is 16.8 Å². The van der Waals surface area contributed by atoms with E-state index in [4.69, 9.17) is 4.74 Å². The molecule has 3 aromatic rings. The third kappa shape index (κ3) is 2.87. The molecule has 1 aliphatic rings. The Morgan fingerprint density at radius 1 is 1.20 bits per heavy atom. The van der Waals surface area contributed by atoms with Gasteiger partial charge in [0.2, 0.25) is 0 Å². The number of likely N-dealkylation sites (tertiary alicyclic amines) is 1. The number of aromatic amines is 1. The second-order valence-corrected chi connectivity index (χ2v) is 6.41. The molecular formula is C20H20N2O3. The number of aromatic nitrogens is 1. The van der Waals surface area contributed by atoms with Gasteiger partial charge in [-0.3, -0.25) is 4.79 Å². The number of carbonyl (C=O) groups is 1. The molecular weight excluding hydrogens is 316 g/mol. The van der Waals surface area contributed by atoms with Crippen LogP contribution >= 0.6 is 0 Å². The molecule has 2 atom stereocenters. The number of rotatable bonds is 3. The van der Waals surface area contributed by atoms with Crippen LogP contribution in [-0.2, 0) is 0 Å². The normalized spacial score (nSPS) is 20.2. The molecule has 0 spiro atoms. The van der Waals surface area contributed by atoms with Crippen LogP contribution < -0.4 is 4.74 Å². The van der Waals surface area contributed by atoms with Crippen molar-refractivity contribution in [1.82, 2.24) is 9.88 Å². The molecule has 128 valence electrons. The summed E-state index contributed by atoms with van der Waals surface area (Å²) in [5.41, 5.74) is 2.45. The zero-order valence-corrected chi connectivity index (χ0v) is 14.0. The van der Waals surface area contributed by atoms with Gasteiger partial charge in [-0.25, -0.2) is 0 Å². The van der Waals surface area contributed by atoms with Gasteiger partial charge >= 0.3 is 0 Å².